The van der Waals surface area contributed by atoms with E-state index in [1.54, 1.807) is 6.20 Å². The maximum atomic E-state index is 14.0. The number of benzene rings is 3. The molecule has 3 heterocycles. The molecule has 5 atom stereocenters. The number of hydrogen-bond acceptors (Lipinski definition) is 6. The molecule has 0 unspecified atom stereocenters. The summed E-state index contributed by atoms with van der Waals surface area (Å²) in [7, 11) is 0. The fraction of sp³-hybridized carbons (Fsp3) is 0.207. The van der Waals surface area contributed by atoms with E-state index >= 15 is 0 Å². The first-order valence-corrected chi connectivity index (χ1v) is 12.1. The van der Waals surface area contributed by atoms with Gasteiger partial charge in [0, 0.05) is 23.9 Å². The summed E-state index contributed by atoms with van der Waals surface area (Å²) in [6.07, 6.45) is 3.69. The van der Waals surface area contributed by atoms with Gasteiger partial charge in [0.1, 0.15) is 6.04 Å². The van der Waals surface area contributed by atoms with Crippen LogP contribution in [0.25, 0.3) is 6.08 Å². The highest BCUT2D eigenvalue weighted by molar-refractivity contribution is 6.12. The van der Waals surface area contributed by atoms with Crippen molar-refractivity contribution in [3.8, 4) is 0 Å². The summed E-state index contributed by atoms with van der Waals surface area (Å²) in [4.78, 5) is 55.6. The maximum Gasteiger partial charge on any atom is 0.269 e. The molecule has 0 saturated carbocycles. The zero-order valence-corrected chi connectivity index (χ0v) is 19.9. The minimum atomic E-state index is -0.912. The Kier molecular flexibility index (Phi) is 5.26. The highest BCUT2D eigenvalue weighted by Gasteiger charge is 2.64. The van der Waals surface area contributed by atoms with Crippen molar-refractivity contribution in [2.24, 2.45) is 11.8 Å². The van der Waals surface area contributed by atoms with Crippen molar-refractivity contribution in [1.82, 2.24) is 9.80 Å². The number of nitrogens with zero attached hydrogens (tertiary/aromatic N) is 3. The van der Waals surface area contributed by atoms with Crippen LogP contribution in [-0.4, -0.2) is 38.4 Å². The van der Waals surface area contributed by atoms with Gasteiger partial charge in [0.2, 0.25) is 11.8 Å². The second-order valence-electron chi connectivity index (χ2n) is 9.63. The molecule has 8 heteroatoms. The molecule has 0 spiro atoms. The van der Waals surface area contributed by atoms with E-state index < -0.39 is 34.9 Å². The molecular formula is C29H23N3O5. The van der Waals surface area contributed by atoms with Gasteiger partial charge in [-0.15, -0.1) is 0 Å². The summed E-state index contributed by atoms with van der Waals surface area (Å²) in [6.45, 7) is 1.83. The Labute approximate surface area is 213 Å². The van der Waals surface area contributed by atoms with Crippen molar-refractivity contribution in [3.63, 3.8) is 0 Å². The molecule has 3 aromatic carbocycles. The van der Waals surface area contributed by atoms with Crippen LogP contribution >= 0.6 is 0 Å². The van der Waals surface area contributed by atoms with Crippen LogP contribution in [-0.2, 0) is 9.59 Å². The minimum absolute atomic E-state index is 0.125. The van der Waals surface area contributed by atoms with E-state index in [-0.39, 0.29) is 28.8 Å². The number of carbonyl (C=O) groups excluding carboxylic acids is 3. The number of fused-ring (bicyclic) bond motifs is 5. The van der Waals surface area contributed by atoms with E-state index in [0.717, 1.165) is 16.7 Å². The molecule has 6 rings (SSSR count). The number of ketones is 1. The largest absolute Gasteiger partial charge is 0.358 e. The van der Waals surface area contributed by atoms with Crippen LogP contribution in [0, 0.1) is 22.0 Å². The van der Waals surface area contributed by atoms with Gasteiger partial charge in [0.25, 0.3) is 5.69 Å². The quantitative estimate of drug-likeness (QED) is 0.224. The van der Waals surface area contributed by atoms with Crippen LogP contribution in [0.4, 0.5) is 5.69 Å². The van der Waals surface area contributed by atoms with Gasteiger partial charge in [-0.2, -0.15) is 0 Å². The zero-order valence-electron chi connectivity index (χ0n) is 19.9. The Morgan fingerprint density at radius 2 is 1.54 bits per heavy atom. The van der Waals surface area contributed by atoms with Gasteiger partial charge in [-0.05, 0) is 41.8 Å². The van der Waals surface area contributed by atoms with Gasteiger partial charge >= 0.3 is 0 Å². The fourth-order valence-electron chi connectivity index (χ4n) is 6.06. The molecule has 184 valence electrons. The Morgan fingerprint density at radius 1 is 0.892 bits per heavy atom. The number of imide groups is 1. The topological polar surface area (TPSA) is 101 Å². The molecule has 0 aliphatic carbocycles. The van der Waals surface area contributed by atoms with Crippen molar-refractivity contribution < 1.29 is 19.3 Å². The van der Waals surface area contributed by atoms with Gasteiger partial charge in [-0.1, -0.05) is 54.6 Å². The number of amides is 2. The van der Waals surface area contributed by atoms with Crippen LogP contribution in [0.15, 0.2) is 85.1 Å². The summed E-state index contributed by atoms with van der Waals surface area (Å²) >= 11 is 0. The SMILES string of the molecule is C[C@H](c1ccccc1)N1C(=O)[C@@H]2[C@H](C1=O)[C@H]1c3ccccc3C=CN1[C@H]2C(=O)c1ccc([N+](=O)[O-])cc1. The number of Topliss-reactive ketones (excluding diaryl/α,β-unsaturated/α-hetero) is 1. The number of nitro benzene ring substituents is 1. The third-order valence-electron chi connectivity index (χ3n) is 7.80. The van der Waals surface area contributed by atoms with Gasteiger partial charge in [-0.25, -0.2) is 0 Å². The molecule has 2 amide bonds. The van der Waals surface area contributed by atoms with Crippen molar-refractivity contribution in [3.05, 3.63) is 117 Å². The lowest BCUT2D eigenvalue weighted by atomic mass is 9.83. The lowest BCUT2D eigenvalue weighted by Gasteiger charge is -2.36. The predicted molar refractivity (Wildman–Crippen MR) is 135 cm³/mol. The molecule has 37 heavy (non-hydrogen) atoms. The number of non-ortho nitro benzene ring substituents is 1. The van der Waals surface area contributed by atoms with Crippen LogP contribution in [0.2, 0.25) is 0 Å². The molecule has 0 N–H and O–H groups in total. The third-order valence-corrected chi connectivity index (χ3v) is 7.80. The summed E-state index contributed by atoms with van der Waals surface area (Å²) < 4.78 is 0. The lowest BCUT2D eigenvalue weighted by molar-refractivity contribution is -0.384. The molecule has 0 aromatic heterocycles. The van der Waals surface area contributed by atoms with Crippen LogP contribution in [0.1, 0.15) is 46.1 Å². The van der Waals surface area contributed by atoms with Crippen molar-refractivity contribution in [1.29, 1.82) is 0 Å². The second kappa shape index (κ2) is 8.51. The minimum Gasteiger partial charge on any atom is -0.358 e. The molecule has 3 aliphatic heterocycles. The number of nitro groups is 1. The van der Waals surface area contributed by atoms with E-state index in [2.05, 4.69) is 0 Å². The van der Waals surface area contributed by atoms with E-state index in [1.165, 1.54) is 29.2 Å². The van der Waals surface area contributed by atoms with Crippen molar-refractivity contribution >= 4 is 29.4 Å². The van der Waals surface area contributed by atoms with E-state index in [9.17, 15) is 24.5 Å². The highest BCUT2D eigenvalue weighted by Crippen LogP contribution is 2.54. The molecule has 2 saturated heterocycles. The van der Waals surface area contributed by atoms with Gasteiger partial charge in [0.05, 0.1) is 28.8 Å². The molecule has 2 fully saturated rings. The van der Waals surface area contributed by atoms with Crippen molar-refractivity contribution in [2.75, 3.05) is 0 Å². The molecule has 3 aromatic rings. The Morgan fingerprint density at radius 3 is 2.24 bits per heavy atom. The van der Waals surface area contributed by atoms with Gasteiger partial charge < -0.3 is 4.90 Å². The highest BCUT2D eigenvalue weighted by atomic mass is 16.6. The first-order chi connectivity index (χ1) is 17.9. The Balaban J connectivity index is 1.45. The smallest absolute Gasteiger partial charge is 0.269 e. The van der Waals surface area contributed by atoms with Crippen molar-refractivity contribution in [2.45, 2.75) is 25.0 Å². The average molecular weight is 494 g/mol. The molecule has 8 nitrogen and oxygen atoms in total. The summed E-state index contributed by atoms with van der Waals surface area (Å²) in [5.74, 6) is -2.59. The molecule has 0 bridgehead atoms. The third kappa shape index (κ3) is 3.40. The molecule has 3 aliphatic rings. The average Bonchev–Trinajstić information content (AvgIpc) is 3.40. The van der Waals surface area contributed by atoms with E-state index in [4.69, 9.17) is 0 Å². The summed E-state index contributed by atoms with van der Waals surface area (Å²) in [6, 6.07) is 20.6. The van der Waals surface area contributed by atoms with Crippen LogP contribution in [0.5, 0.6) is 0 Å². The number of rotatable bonds is 5. The Bertz CT molecular complexity index is 1470. The first-order valence-electron chi connectivity index (χ1n) is 12.1. The van der Waals surface area contributed by atoms with Gasteiger partial charge in [0.15, 0.2) is 5.78 Å². The summed E-state index contributed by atoms with van der Waals surface area (Å²) in [5.41, 5.74) is 2.82. The van der Waals surface area contributed by atoms with Gasteiger partial charge in [-0.3, -0.25) is 29.4 Å². The zero-order chi connectivity index (χ0) is 25.8. The standard InChI is InChI=1S/C29H23N3O5/c1-17(18-7-3-2-4-8-18)31-28(34)23-24(29(31)35)26(27(33)20-11-13-21(14-12-20)32(36)37)30-16-15-19-9-5-6-10-22(19)25(23)30/h2-17,23-26H,1H3/t17-,23+,24-,25-,26-/m1/s1. The van der Waals surface area contributed by atoms with Crippen LogP contribution in [0.3, 0.4) is 0 Å². The Hall–Kier alpha value is -4.59. The molecule has 0 radical (unpaired) electrons. The number of hydrogen-bond donors (Lipinski definition) is 0. The monoisotopic (exact) mass is 493 g/mol. The lowest BCUT2D eigenvalue weighted by Crippen LogP contribution is -2.44. The second-order valence-corrected chi connectivity index (χ2v) is 9.63. The fourth-order valence-corrected chi connectivity index (χ4v) is 6.06. The van der Waals surface area contributed by atoms with Crippen LogP contribution < -0.4 is 0 Å². The predicted octanol–water partition coefficient (Wildman–Crippen LogP) is 4.55. The number of carbonyl (C=O) groups is 3. The molecular weight excluding hydrogens is 470 g/mol. The number of likely N-dealkylation sites (tertiary alicyclic amines) is 1. The van der Waals surface area contributed by atoms with E-state index in [0.29, 0.717) is 0 Å². The maximum absolute atomic E-state index is 14.0. The van der Waals surface area contributed by atoms with E-state index in [1.807, 2.05) is 72.5 Å². The normalized spacial score (nSPS) is 24.5. The first kappa shape index (κ1) is 22.8. The summed E-state index contributed by atoms with van der Waals surface area (Å²) in [5, 5.41) is 11.1.